The lowest BCUT2D eigenvalue weighted by molar-refractivity contribution is -0.126. The van der Waals surface area contributed by atoms with Crippen LogP contribution in [0.25, 0.3) is 0 Å². The Bertz CT molecular complexity index is 354. The van der Waals surface area contributed by atoms with Crippen molar-refractivity contribution in [3.63, 3.8) is 0 Å². The molecule has 0 radical (unpaired) electrons. The molecule has 0 saturated heterocycles. The average molecular weight is 272 g/mol. The molecule has 0 aliphatic heterocycles. The molecule has 1 amide bonds. The van der Waals surface area contributed by atoms with Crippen LogP contribution in [0.1, 0.15) is 11.1 Å². The van der Waals surface area contributed by atoms with E-state index < -0.39 is 0 Å². The quantitative estimate of drug-likeness (QED) is 0.578. The fourth-order valence-corrected chi connectivity index (χ4v) is 1.48. The van der Waals surface area contributed by atoms with Gasteiger partial charge in [0.1, 0.15) is 6.61 Å². The molecule has 0 atom stereocenters. The molecule has 0 spiro atoms. The zero-order chi connectivity index (χ0) is 13.2. The predicted molar refractivity (Wildman–Crippen MR) is 70.5 cm³/mol. The minimum atomic E-state index is -0.132. The SMILES string of the molecule is COCCOCC(=O)NCc1ccc(CCl)cc1. The first kappa shape index (κ1) is 15.0. The van der Waals surface area contributed by atoms with Crippen molar-refractivity contribution >= 4 is 17.5 Å². The first-order valence-electron chi connectivity index (χ1n) is 5.73. The standard InChI is InChI=1S/C13H18ClNO3/c1-17-6-7-18-10-13(16)15-9-12-4-2-11(8-14)3-5-12/h2-5H,6-10H2,1H3,(H,15,16). The summed E-state index contributed by atoms with van der Waals surface area (Å²) in [6.45, 7) is 1.47. The van der Waals surface area contributed by atoms with E-state index in [9.17, 15) is 4.79 Å². The average Bonchev–Trinajstić information content (AvgIpc) is 2.42. The Morgan fingerprint density at radius 3 is 2.50 bits per heavy atom. The molecule has 0 saturated carbocycles. The number of benzene rings is 1. The molecule has 18 heavy (non-hydrogen) atoms. The summed E-state index contributed by atoms with van der Waals surface area (Å²) in [5, 5.41) is 2.78. The van der Waals surface area contributed by atoms with Crippen LogP contribution in [0, 0.1) is 0 Å². The van der Waals surface area contributed by atoms with Gasteiger partial charge in [0, 0.05) is 19.5 Å². The molecular weight excluding hydrogens is 254 g/mol. The van der Waals surface area contributed by atoms with Crippen molar-refractivity contribution in [2.24, 2.45) is 0 Å². The predicted octanol–water partition coefficient (Wildman–Crippen LogP) is 1.70. The number of ether oxygens (including phenoxy) is 2. The molecule has 0 aromatic heterocycles. The number of hydrogen-bond donors (Lipinski definition) is 1. The molecule has 0 aliphatic carbocycles. The lowest BCUT2D eigenvalue weighted by Crippen LogP contribution is -2.27. The van der Waals surface area contributed by atoms with Crippen LogP contribution in [0.3, 0.4) is 0 Å². The minimum Gasteiger partial charge on any atom is -0.382 e. The molecule has 1 rings (SSSR count). The molecular formula is C13H18ClNO3. The number of amides is 1. The van der Waals surface area contributed by atoms with E-state index in [-0.39, 0.29) is 12.5 Å². The Morgan fingerprint density at radius 1 is 1.22 bits per heavy atom. The van der Waals surface area contributed by atoms with Gasteiger partial charge >= 0.3 is 0 Å². The number of rotatable bonds is 8. The zero-order valence-electron chi connectivity index (χ0n) is 10.4. The Labute approximate surface area is 112 Å². The van der Waals surface area contributed by atoms with Gasteiger partial charge in [0.2, 0.25) is 5.91 Å². The number of methoxy groups -OCH3 is 1. The maximum Gasteiger partial charge on any atom is 0.246 e. The minimum absolute atomic E-state index is 0.0587. The van der Waals surface area contributed by atoms with Crippen LogP contribution in [-0.2, 0) is 26.7 Å². The number of alkyl halides is 1. The van der Waals surface area contributed by atoms with Crippen LogP contribution in [0.4, 0.5) is 0 Å². The van der Waals surface area contributed by atoms with Crippen molar-refractivity contribution in [3.8, 4) is 0 Å². The second-order valence-corrected chi connectivity index (χ2v) is 4.04. The molecule has 0 fully saturated rings. The van der Waals surface area contributed by atoms with E-state index in [4.69, 9.17) is 21.1 Å². The lowest BCUT2D eigenvalue weighted by Gasteiger charge is -2.06. The number of hydrogen-bond acceptors (Lipinski definition) is 3. The molecule has 0 heterocycles. The summed E-state index contributed by atoms with van der Waals surface area (Å²) in [5.41, 5.74) is 2.10. The molecule has 4 nitrogen and oxygen atoms in total. The highest BCUT2D eigenvalue weighted by molar-refractivity contribution is 6.17. The highest BCUT2D eigenvalue weighted by atomic mass is 35.5. The Morgan fingerprint density at radius 2 is 1.89 bits per heavy atom. The van der Waals surface area contributed by atoms with Gasteiger partial charge in [0.05, 0.1) is 13.2 Å². The normalized spacial score (nSPS) is 10.3. The van der Waals surface area contributed by atoms with Gasteiger partial charge in [-0.25, -0.2) is 0 Å². The van der Waals surface area contributed by atoms with Gasteiger partial charge in [0.25, 0.3) is 0 Å². The van der Waals surface area contributed by atoms with E-state index in [1.807, 2.05) is 24.3 Å². The molecule has 1 aromatic carbocycles. The van der Waals surface area contributed by atoms with Gasteiger partial charge < -0.3 is 14.8 Å². The van der Waals surface area contributed by atoms with Crippen molar-refractivity contribution in [2.75, 3.05) is 26.9 Å². The van der Waals surface area contributed by atoms with E-state index in [2.05, 4.69) is 5.32 Å². The van der Waals surface area contributed by atoms with Crippen LogP contribution < -0.4 is 5.32 Å². The summed E-state index contributed by atoms with van der Waals surface area (Å²) in [4.78, 5) is 11.4. The third kappa shape index (κ3) is 6.00. The van der Waals surface area contributed by atoms with E-state index in [1.165, 1.54) is 0 Å². The maximum atomic E-state index is 11.4. The summed E-state index contributed by atoms with van der Waals surface area (Å²) < 4.78 is 9.91. The Hall–Kier alpha value is -1.10. The van der Waals surface area contributed by atoms with Crippen LogP contribution in [0.2, 0.25) is 0 Å². The van der Waals surface area contributed by atoms with Crippen molar-refractivity contribution in [1.29, 1.82) is 0 Å². The van der Waals surface area contributed by atoms with Crippen LogP contribution in [0.15, 0.2) is 24.3 Å². The van der Waals surface area contributed by atoms with Gasteiger partial charge in [-0.2, -0.15) is 0 Å². The van der Waals surface area contributed by atoms with Gasteiger partial charge in [-0.3, -0.25) is 4.79 Å². The van der Waals surface area contributed by atoms with Crippen molar-refractivity contribution in [3.05, 3.63) is 35.4 Å². The monoisotopic (exact) mass is 271 g/mol. The fourth-order valence-electron chi connectivity index (χ4n) is 1.31. The smallest absolute Gasteiger partial charge is 0.246 e. The van der Waals surface area contributed by atoms with E-state index in [0.717, 1.165) is 11.1 Å². The van der Waals surface area contributed by atoms with Crippen LogP contribution in [0.5, 0.6) is 0 Å². The molecule has 100 valence electrons. The highest BCUT2D eigenvalue weighted by Gasteiger charge is 2.01. The van der Waals surface area contributed by atoms with Crippen molar-refractivity contribution in [1.82, 2.24) is 5.32 Å². The number of carbonyl (C=O) groups excluding carboxylic acids is 1. The summed E-state index contributed by atoms with van der Waals surface area (Å²) in [5.74, 6) is 0.368. The second kappa shape index (κ2) is 8.91. The summed E-state index contributed by atoms with van der Waals surface area (Å²) in [7, 11) is 1.59. The number of halogens is 1. The largest absolute Gasteiger partial charge is 0.382 e. The first-order valence-corrected chi connectivity index (χ1v) is 6.27. The van der Waals surface area contributed by atoms with Gasteiger partial charge in [0.15, 0.2) is 0 Å². The zero-order valence-corrected chi connectivity index (χ0v) is 11.2. The van der Waals surface area contributed by atoms with Gasteiger partial charge in [-0.15, -0.1) is 11.6 Å². The number of carbonyl (C=O) groups is 1. The second-order valence-electron chi connectivity index (χ2n) is 3.77. The van der Waals surface area contributed by atoms with E-state index in [0.29, 0.717) is 25.6 Å². The molecule has 5 heteroatoms. The molecule has 0 unspecified atom stereocenters. The van der Waals surface area contributed by atoms with Crippen molar-refractivity contribution in [2.45, 2.75) is 12.4 Å². The van der Waals surface area contributed by atoms with Crippen molar-refractivity contribution < 1.29 is 14.3 Å². The van der Waals surface area contributed by atoms with Gasteiger partial charge in [-0.1, -0.05) is 24.3 Å². The third-order valence-corrected chi connectivity index (χ3v) is 2.64. The Kier molecular flexibility index (Phi) is 7.41. The van der Waals surface area contributed by atoms with Crippen LogP contribution in [-0.4, -0.2) is 32.8 Å². The molecule has 0 bridgehead atoms. The molecule has 1 aromatic rings. The topological polar surface area (TPSA) is 47.6 Å². The maximum absolute atomic E-state index is 11.4. The first-order chi connectivity index (χ1) is 8.76. The fraction of sp³-hybridized carbons (Fsp3) is 0.462. The molecule has 0 aliphatic rings. The summed E-state index contributed by atoms with van der Waals surface area (Å²) >= 11 is 5.69. The summed E-state index contributed by atoms with van der Waals surface area (Å²) in [6, 6.07) is 7.79. The lowest BCUT2D eigenvalue weighted by atomic mass is 10.1. The summed E-state index contributed by atoms with van der Waals surface area (Å²) in [6.07, 6.45) is 0. The van der Waals surface area contributed by atoms with E-state index >= 15 is 0 Å². The van der Waals surface area contributed by atoms with Gasteiger partial charge in [-0.05, 0) is 11.1 Å². The van der Waals surface area contributed by atoms with E-state index in [1.54, 1.807) is 7.11 Å². The highest BCUT2D eigenvalue weighted by Crippen LogP contribution is 2.06. The molecule has 1 N–H and O–H groups in total. The number of nitrogens with one attached hydrogen (secondary N) is 1. The Balaban J connectivity index is 2.20. The third-order valence-electron chi connectivity index (χ3n) is 2.33. The van der Waals surface area contributed by atoms with Crippen LogP contribution >= 0.6 is 11.6 Å².